The molecule has 60 valence electrons. The number of hydrogen-bond donors (Lipinski definition) is 3. The van der Waals surface area contributed by atoms with Gasteiger partial charge >= 0.3 is 0 Å². The van der Waals surface area contributed by atoms with Crippen molar-refractivity contribution in [3.05, 3.63) is 0 Å². The van der Waals surface area contributed by atoms with Crippen molar-refractivity contribution >= 4 is 0 Å². The van der Waals surface area contributed by atoms with E-state index in [0.717, 1.165) is 19.6 Å². The second-order valence-electron chi connectivity index (χ2n) is 3.06. The van der Waals surface area contributed by atoms with E-state index in [4.69, 9.17) is 0 Å². The van der Waals surface area contributed by atoms with Crippen molar-refractivity contribution in [2.45, 2.75) is 13.3 Å². The molecule has 0 saturated carbocycles. The maximum atomic E-state index is 3.29. The zero-order valence-electron chi connectivity index (χ0n) is 6.83. The minimum Gasteiger partial charge on any atom is -0.315 e. The molecule has 1 aliphatic rings. The van der Waals surface area contributed by atoms with Crippen LogP contribution in [0.25, 0.3) is 0 Å². The number of hydrogen-bond acceptors (Lipinski definition) is 3. The largest absolute Gasteiger partial charge is 0.315 e. The molecule has 0 amide bonds. The fourth-order valence-electron chi connectivity index (χ4n) is 1.25. The summed E-state index contributed by atoms with van der Waals surface area (Å²) >= 11 is 0. The van der Waals surface area contributed by atoms with Gasteiger partial charge in [0.2, 0.25) is 0 Å². The molecule has 1 heterocycles. The third-order valence-electron chi connectivity index (χ3n) is 2.39. The Kier molecular flexibility index (Phi) is 2.65. The van der Waals surface area contributed by atoms with Gasteiger partial charge in [-0.05, 0) is 13.5 Å². The van der Waals surface area contributed by atoms with Crippen LogP contribution in [0, 0.1) is 5.41 Å². The summed E-state index contributed by atoms with van der Waals surface area (Å²) < 4.78 is 0. The molecular formula is C7H17N3. The summed E-state index contributed by atoms with van der Waals surface area (Å²) in [5.74, 6) is 0. The van der Waals surface area contributed by atoms with Crippen LogP contribution in [0.15, 0.2) is 0 Å². The molecule has 0 aromatic rings. The van der Waals surface area contributed by atoms with Crippen LogP contribution in [0.1, 0.15) is 13.3 Å². The van der Waals surface area contributed by atoms with Gasteiger partial charge in [-0.2, -0.15) is 0 Å². The van der Waals surface area contributed by atoms with Gasteiger partial charge < -0.3 is 5.32 Å². The topological polar surface area (TPSA) is 36.1 Å². The molecule has 0 bridgehead atoms. The van der Waals surface area contributed by atoms with E-state index in [1.807, 2.05) is 7.05 Å². The molecule has 0 spiro atoms. The van der Waals surface area contributed by atoms with Crippen molar-refractivity contribution in [2.24, 2.45) is 5.41 Å². The average molecular weight is 143 g/mol. The minimum atomic E-state index is 0.531. The lowest BCUT2D eigenvalue weighted by Gasteiger charge is -2.42. The van der Waals surface area contributed by atoms with Gasteiger partial charge in [-0.3, -0.25) is 10.9 Å². The Labute approximate surface area is 62.5 Å². The SMILES string of the molecule is CCC1(CNNC)CNC1. The molecule has 10 heavy (non-hydrogen) atoms. The molecular weight excluding hydrogens is 126 g/mol. The predicted octanol–water partition coefficient (Wildman–Crippen LogP) is -0.290. The van der Waals surface area contributed by atoms with Gasteiger partial charge in [0.1, 0.15) is 0 Å². The van der Waals surface area contributed by atoms with Crippen LogP contribution in [-0.4, -0.2) is 26.7 Å². The fraction of sp³-hybridized carbons (Fsp3) is 1.00. The number of nitrogens with one attached hydrogen (secondary N) is 3. The van der Waals surface area contributed by atoms with E-state index in [-0.39, 0.29) is 0 Å². The Balaban J connectivity index is 2.20. The highest BCUT2D eigenvalue weighted by atomic mass is 15.3. The van der Waals surface area contributed by atoms with Gasteiger partial charge in [-0.25, -0.2) is 0 Å². The quantitative estimate of drug-likeness (QED) is 0.473. The highest BCUT2D eigenvalue weighted by Gasteiger charge is 2.34. The molecule has 3 nitrogen and oxygen atoms in total. The Bertz CT molecular complexity index is 93.5. The van der Waals surface area contributed by atoms with Crippen LogP contribution in [0.2, 0.25) is 0 Å². The van der Waals surface area contributed by atoms with E-state index in [9.17, 15) is 0 Å². The normalized spacial score (nSPS) is 22.2. The maximum Gasteiger partial charge on any atom is 0.0181 e. The van der Waals surface area contributed by atoms with Crippen LogP contribution in [-0.2, 0) is 0 Å². The van der Waals surface area contributed by atoms with E-state index >= 15 is 0 Å². The molecule has 0 aliphatic carbocycles. The van der Waals surface area contributed by atoms with E-state index in [2.05, 4.69) is 23.1 Å². The number of hydrazine groups is 1. The summed E-state index contributed by atoms with van der Waals surface area (Å²) in [7, 11) is 1.91. The van der Waals surface area contributed by atoms with Gasteiger partial charge in [0.15, 0.2) is 0 Å². The predicted molar refractivity (Wildman–Crippen MR) is 42.7 cm³/mol. The Morgan fingerprint density at radius 1 is 1.50 bits per heavy atom. The molecule has 0 unspecified atom stereocenters. The summed E-state index contributed by atoms with van der Waals surface area (Å²) in [6.45, 7) is 5.65. The molecule has 3 heteroatoms. The monoisotopic (exact) mass is 143 g/mol. The molecule has 1 saturated heterocycles. The van der Waals surface area contributed by atoms with Gasteiger partial charge in [-0.1, -0.05) is 6.92 Å². The third kappa shape index (κ3) is 1.48. The summed E-state index contributed by atoms with van der Waals surface area (Å²) in [5.41, 5.74) is 6.63. The second-order valence-corrected chi connectivity index (χ2v) is 3.06. The summed E-state index contributed by atoms with van der Waals surface area (Å²) in [6.07, 6.45) is 1.26. The van der Waals surface area contributed by atoms with Crippen LogP contribution in [0.4, 0.5) is 0 Å². The van der Waals surface area contributed by atoms with Gasteiger partial charge in [0.25, 0.3) is 0 Å². The van der Waals surface area contributed by atoms with Crippen molar-refractivity contribution in [3.63, 3.8) is 0 Å². The molecule has 1 fully saturated rings. The first-order valence-corrected chi connectivity index (χ1v) is 3.93. The summed E-state index contributed by atoms with van der Waals surface area (Å²) in [6, 6.07) is 0. The molecule has 3 N–H and O–H groups in total. The summed E-state index contributed by atoms with van der Waals surface area (Å²) in [4.78, 5) is 0. The van der Waals surface area contributed by atoms with E-state index in [1.165, 1.54) is 6.42 Å². The summed E-state index contributed by atoms with van der Waals surface area (Å²) in [5, 5.41) is 3.29. The highest BCUT2D eigenvalue weighted by molar-refractivity contribution is 4.92. The van der Waals surface area contributed by atoms with Crippen molar-refractivity contribution < 1.29 is 0 Å². The first kappa shape index (κ1) is 7.98. The molecule has 0 aromatic carbocycles. The lowest BCUT2D eigenvalue weighted by atomic mass is 9.79. The van der Waals surface area contributed by atoms with E-state index in [1.54, 1.807) is 0 Å². The van der Waals surface area contributed by atoms with Gasteiger partial charge in [-0.15, -0.1) is 0 Å². The Morgan fingerprint density at radius 2 is 2.20 bits per heavy atom. The minimum absolute atomic E-state index is 0.531. The van der Waals surface area contributed by atoms with Crippen LogP contribution >= 0.6 is 0 Å². The molecule has 0 radical (unpaired) electrons. The fourth-order valence-corrected chi connectivity index (χ4v) is 1.25. The highest BCUT2D eigenvalue weighted by Crippen LogP contribution is 2.24. The van der Waals surface area contributed by atoms with E-state index in [0.29, 0.717) is 5.41 Å². The number of rotatable bonds is 4. The first-order chi connectivity index (χ1) is 4.83. The zero-order valence-corrected chi connectivity index (χ0v) is 6.83. The molecule has 1 aliphatic heterocycles. The average Bonchev–Trinajstić information content (AvgIpc) is 1.87. The first-order valence-electron chi connectivity index (χ1n) is 3.93. The van der Waals surface area contributed by atoms with Crippen molar-refractivity contribution in [1.82, 2.24) is 16.2 Å². The van der Waals surface area contributed by atoms with Crippen LogP contribution < -0.4 is 16.2 Å². The Morgan fingerprint density at radius 3 is 2.50 bits per heavy atom. The zero-order chi connectivity index (χ0) is 7.45. The van der Waals surface area contributed by atoms with E-state index < -0.39 is 0 Å². The lowest BCUT2D eigenvalue weighted by Crippen LogP contribution is -2.59. The lowest BCUT2D eigenvalue weighted by molar-refractivity contribution is 0.151. The maximum absolute atomic E-state index is 3.29. The standard InChI is InChI=1S/C7H17N3/c1-3-7(4-9-5-7)6-10-8-2/h8-10H,3-6H2,1-2H3. The smallest absolute Gasteiger partial charge is 0.0181 e. The van der Waals surface area contributed by atoms with Crippen molar-refractivity contribution in [1.29, 1.82) is 0 Å². The third-order valence-corrected chi connectivity index (χ3v) is 2.39. The van der Waals surface area contributed by atoms with Crippen molar-refractivity contribution in [3.8, 4) is 0 Å². The second kappa shape index (κ2) is 3.32. The van der Waals surface area contributed by atoms with Crippen LogP contribution in [0.5, 0.6) is 0 Å². The molecule has 1 rings (SSSR count). The van der Waals surface area contributed by atoms with Crippen LogP contribution in [0.3, 0.4) is 0 Å². The van der Waals surface area contributed by atoms with Crippen molar-refractivity contribution in [2.75, 3.05) is 26.7 Å². The molecule has 0 atom stereocenters. The molecule has 0 aromatic heterocycles. The Hall–Kier alpha value is -0.120. The van der Waals surface area contributed by atoms with Gasteiger partial charge in [0.05, 0.1) is 0 Å². The van der Waals surface area contributed by atoms with Gasteiger partial charge in [0, 0.05) is 25.0 Å².